The molecule has 0 spiro atoms. The molecule has 30 heavy (non-hydrogen) atoms. The van der Waals surface area contributed by atoms with Crippen molar-refractivity contribution in [3.05, 3.63) is 90.0 Å². The number of benzene rings is 1. The van der Waals surface area contributed by atoms with Gasteiger partial charge in [-0.1, -0.05) is 12.1 Å². The predicted molar refractivity (Wildman–Crippen MR) is 111 cm³/mol. The molecular weight excluding hydrogens is 381 g/mol. The maximum Gasteiger partial charge on any atom is 0.136 e. The zero-order valence-electron chi connectivity index (χ0n) is 16.5. The van der Waals surface area contributed by atoms with Crippen LogP contribution in [0.15, 0.2) is 67.0 Å². The Hall–Kier alpha value is -3.16. The molecular formula is C23H22FN5O. The summed E-state index contributed by atoms with van der Waals surface area (Å²) in [5, 5.41) is 0. The molecule has 6 nitrogen and oxygen atoms in total. The molecule has 0 saturated heterocycles. The first-order valence-electron chi connectivity index (χ1n) is 10.0. The summed E-state index contributed by atoms with van der Waals surface area (Å²) in [7, 11) is 0. The average molecular weight is 403 g/mol. The van der Waals surface area contributed by atoms with E-state index in [4.69, 9.17) is 4.74 Å². The highest BCUT2D eigenvalue weighted by Crippen LogP contribution is 2.27. The fraction of sp³-hybridized carbons (Fsp3) is 0.261. The molecule has 4 heterocycles. The van der Waals surface area contributed by atoms with Gasteiger partial charge in [0.05, 0.1) is 35.1 Å². The highest BCUT2D eigenvalue weighted by molar-refractivity contribution is 5.76. The molecule has 0 fully saturated rings. The standard InChI is InChI=1S/C23H22FN5O/c24-17-7-8-22-21(11-17)27-23-16-30-15-20(29(22)23)14-28(12-18-5-1-3-9-25-18)13-19-6-2-4-10-26-19/h1-11,20H,12-16H2. The van der Waals surface area contributed by atoms with Gasteiger partial charge in [0, 0.05) is 38.1 Å². The number of halogens is 1. The van der Waals surface area contributed by atoms with Gasteiger partial charge in [-0.15, -0.1) is 0 Å². The fourth-order valence-corrected chi connectivity index (χ4v) is 4.05. The van der Waals surface area contributed by atoms with Crippen molar-refractivity contribution in [2.45, 2.75) is 25.7 Å². The lowest BCUT2D eigenvalue weighted by atomic mass is 10.2. The van der Waals surface area contributed by atoms with Crippen LogP contribution in [0.2, 0.25) is 0 Å². The molecule has 5 rings (SSSR count). The molecule has 1 unspecified atom stereocenters. The smallest absolute Gasteiger partial charge is 0.136 e. The maximum atomic E-state index is 13.7. The van der Waals surface area contributed by atoms with E-state index in [0.29, 0.717) is 31.8 Å². The summed E-state index contributed by atoms with van der Waals surface area (Å²) in [5.41, 5.74) is 3.61. The van der Waals surface area contributed by atoms with Crippen LogP contribution in [0.3, 0.4) is 0 Å². The van der Waals surface area contributed by atoms with Gasteiger partial charge in [0.25, 0.3) is 0 Å². The Labute approximate surface area is 174 Å². The number of aromatic nitrogens is 4. The molecule has 1 atom stereocenters. The van der Waals surface area contributed by atoms with Gasteiger partial charge in [0.2, 0.25) is 0 Å². The minimum atomic E-state index is -0.276. The molecule has 1 aliphatic heterocycles. The SMILES string of the molecule is Fc1ccc2c(c1)nc1n2C(CN(Cc2ccccn2)Cc2ccccn2)COC1. The zero-order valence-corrected chi connectivity index (χ0v) is 16.5. The first-order valence-corrected chi connectivity index (χ1v) is 10.0. The molecule has 0 amide bonds. The summed E-state index contributed by atoms with van der Waals surface area (Å²) in [5.74, 6) is 0.560. The Morgan fingerprint density at radius 2 is 1.73 bits per heavy atom. The second-order valence-electron chi connectivity index (χ2n) is 7.51. The molecule has 152 valence electrons. The summed E-state index contributed by atoms with van der Waals surface area (Å²) in [6.07, 6.45) is 3.63. The summed E-state index contributed by atoms with van der Waals surface area (Å²) in [4.78, 5) is 15.9. The van der Waals surface area contributed by atoms with Crippen molar-refractivity contribution in [3.63, 3.8) is 0 Å². The second kappa shape index (κ2) is 8.30. The maximum absolute atomic E-state index is 13.7. The zero-order chi connectivity index (χ0) is 20.3. The van der Waals surface area contributed by atoms with Crippen LogP contribution < -0.4 is 0 Å². The quantitative estimate of drug-likeness (QED) is 0.491. The number of ether oxygens (including phenoxy) is 1. The van der Waals surface area contributed by atoms with Crippen molar-refractivity contribution in [1.29, 1.82) is 0 Å². The third-order valence-electron chi connectivity index (χ3n) is 5.32. The lowest BCUT2D eigenvalue weighted by Gasteiger charge is -2.31. The number of pyridine rings is 2. The van der Waals surface area contributed by atoms with Gasteiger partial charge in [-0.3, -0.25) is 14.9 Å². The Morgan fingerprint density at radius 1 is 1.00 bits per heavy atom. The summed E-state index contributed by atoms with van der Waals surface area (Å²) < 4.78 is 21.7. The summed E-state index contributed by atoms with van der Waals surface area (Å²) in [6, 6.07) is 16.8. The van der Waals surface area contributed by atoms with E-state index in [0.717, 1.165) is 29.3 Å². The molecule has 0 aliphatic carbocycles. The number of hydrogen-bond acceptors (Lipinski definition) is 5. The number of nitrogens with zero attached hydrogens (tertiary/aromatic N) is 5. The monoisotopic (exact) mass is 403 g/mol. The lowest BCUT2D eigenvalue weighted by Crippen LogP contribution is -2.35. The van der Waals surface area contributed by atoms with E-state index in [-0.39, 0.29) is 11.9 Å². The molecule has 1 aromatic carbocycles. The fourth-order valence-electron chi connectivity index (χ4n) is 4.05. The van der Waals surface area contributed by atoms with Gasteiger partial charge in [0.15, 0.2) is 0 Å². The lowest BCUT2D eigenvalue weighted by molar-refractivity contribution is 0.0399. The van der Waals surface area contributed by atoms with Crippen molar-refractivity contribution in [3.8, 4) is 0 Å². The Bertz CT molecular complexity index is 1090. The van der Waals surface area contributed by atoms with Crippen LogP contribution in [0.5, 0.6) is 0 Å². The number of hydrogen-bond donors (Lipinski definition) is 0. The van der Waals surface area contributed by atoms with E-state index < -0.39 is 0 Å². The van der Waals surface area contributed by atoms with Crippen molar-refractivity contribution >= 4 is 11.0 Å². The van der Waals surface area contributed by atoms with Gasteiger partial charge in [0.1, 0.15) is 18.2 Å². The normalized spacial score (nSPS) is 16.1. The third-order valence-corrected chi connectivity index (χ3v) is 5.32. The molecule has 7 heteroatoms. The van der Waals surface area contributed by atoms with Gasteiger partial charge >= 0.3 is 0 Å². The highest BCUT2D eigenvalue weighted by Gasteiger charge is 2.26. The predicted octanol–water partition coefficient (Wildman–Crippen LogP) is 3.74. The summed E-state index contributed by atoms with van der Waals surface area (Å²) in [6.45, 7) is 3.15. The molecule has 0 radical (unpaired) electrons. The first kappa shape index (κ1) is 18.8. The Kier molecular flexibility index (Phi) is 5.21. The summed E-state index contributed by atoms with van der Waals surface area (Å²) >= 11 is 0. The van der Waals surface area contributed by atoms with E-state index in [1.54, 1.807) is 6.07 Å². The first-order chi connectivity index (χ1) is 14.8. The highest BCUT2D eigenvalue weighted by atomic mass is 19.1. The topological polar surface area (TPSA) is 56.1 Å². The van der Waals surface area contributed by atoms with E-state index in [1.165, 1.54) is 12.1 Å². The average Bonchev–Trinajstić information content (AvgIpc) is 3.13. The minimum absolute atomic E-state index is 0.0663. The van der Waals surface area contributed by atoms with Crippen LogP contribution in [0.1, 0.15) is 23.3 Å². The number of rotatable bonds is 6. The van der Waals surface area contributed by atoms with Crippen molar-refractivity contribution < 1.29 is 9.13 Å². The van der Waals surface area contributed by atoms with Crippen LogP contribution in [0.4, 0.5) is 4.39 Å². The van der Waals surface area contributed by atoms with E-state index >= 15 is 0 Å². The number of fused-ring (bicyclic) bond motifs is 3. The van der Waals surface area contributed by atoms with Crippen LogP contribution in [0, 0.1) is 5.82 Å². The van der Waals surface area contributed by atoms with Crippen molar-refractivity contribution in [2.24, 2.45) is 0 Å². The minimum Gasteiger partial charge on any atom is -0.371 e. The molecule has 0 saturated carbocycles. The van der Waals surface area contributed by atoms with Crippen LogP contribution in [0.25, 0.3) is 11.0 Å². The Morgan fingerprint density at radius 3 is 2.40 bits per heavy atom. The van der Waals surface area contributed by atoms with Gasteiger partial charge in [-0.25, -0.2) is 9.37 Å². The van der Waals surface area contributed by atoms with E-state index in [9.17, 15) is 4.39 Å². The van der Waals surface area contributed by atoms with Gasteiger partial charge < -0.3 is 9.30 Å². The van der Waals surface area contributed by atoms with Crippen LogP contribution in [-0.2, 0) is 24.4 Å². The van der Waals surface area contributed by atoms with E-state index in [2.05, 4.69) is 24.4 Å². The molecule has 4 aromatic rings. The van der Waals surface area contributed by atoms with Gasteiger partial charge in [-0.05, 0) is 36.4 Å². The largest absolute Gasteiger partial charge is 0.371 e. The third kappa shape index (κ3) is 3.94. The van der Waals surface area contributed by atoms with Crippen LogP contribution >= 0.6 is 0 Å². The van der Waals surface area contributed by atoms with Crippen LogP contribution in [-0.4, -0.2) is 37.6 Å². The second-order valence-corrected chi connectivity index (χ2v) is 7.51. The van der Waals surface area contributed by atoms with Gasteiger partial charge in [-0.2, -0.15) is 0 Å². The Balaban J connectivity index is 1.45. The van der Waals surface area contributed by atoms with Crippen molar-refractivity contribution in [1.82, 2.24) is 24.4 Å². The van der Waals surface area contributed by atoms with E-state index in [1.807, 2.05) is 48.8 Å². The molecule has 3 aromatic heterocycles. The number of imidazole rings is 1. The molecule has 0 bridgehead atoms. The molecule has 0 N–H and O–H groups in total. The molecule has 1 aliphatic rings. The van der Waals surface area contributed by atoms with Crippen molar-refractivity contribution in [2.75, 3.05) is 13.2 Å².